The molecule has 7 nitrogen and oxygen atoms in total. The van der Waals surface area contributed by atoms with Gasteiger partial charge in [0.05, 0.1) is 23.8 Å². The van der Waals surface area contributed by atoms with Gasteiger partial charge in [-0.3, -0.25) is 14.8 Å². The molecule has 11 heteroatoms. The zero-order valence-electron chi connectivity index (χ0n) is 16.7. The average molecular weight is 453 g/mol. The molecule has 1 aliphatic carbocycles. The lowest BCUT2D eigenvalue weighted by Crippen LogP contribution is -2.17. The summed E-state index contributed by atoms with van der Waals surface area (Å²) in [7, 11) is 0. The first-order chi connectivity index (χ1) is 14.7. The lowest BCUT2D eigenvalue weighted by atomic mass is 10.1. The van der Waals surface area contributed by atoms with E-state index in [0.29, 0.717) is 12.2 Å². The monoisotopic (exact) mass is 452 g/mol. The van der Waals surface area contributed by atoms with Crippen LogP contribution < -0.4 is 5.32 Å². The molecule has 31 heavy (non-hydrogen) atoms. The van der Waals surface area contributed by atoms with Gasteiger partial charge in [-0.05, 0) is 25.3 Å². The molecule has 0 radical (unpaired) electrons. The molecule has 2 aromatic heterocycles. The average Bonchev–Trinajstić information content (AvgIpc) is 3.33. The van der Waals surface area contributed by atoms with Crippen molar-refractivity contribution in [2.45, 2.75) is 51.4 Å². The van der Waals surface area contributed by atoms with Crippen molar-refractivity contribution in [1.82, 2.24) is 24.5 Å². The number of alkyl halides is 3. The lowest BCUT2D eigenvalue weighted by molar-refractivity contribution is -0.141. The normalized spacial score (nSPS) is 14.1. The summed E-state index contributed by atoms with van der Waals surface area (Å²) in [4.78, 5) is 16.4. The van der Waals surface area contributed by atoms with Crippen LogP contribution in [-0.2, 0) is 24.1 Å². The third-order valence-corrected chi connectivity index (χ3v) is 5.30. The number of nitrogens with one attached hydrogen (secondary N) is 1. The van der Waals surface area contributed by atoms with Gasteiger partial charge in [0.2, 0.25) is 11.9 Å². The third-order valence-electron chi connectivity index (χ3n) is 4.93. The van der Waals surface area contributed by atoms with Gasteiger partial charge in [-0.25, -0.2) is 9.67 Å². The summed E-state index contributed by atoms with van der Waals surface area (Å²) in [6, 6.07) is 7.94. The van der Waals surface area contributed by atoms with Crippen LogP contribution in [0.4, 0.5) is 19.1 Å². The van der Waals surface area contributed by atoms with Crippen LogP contribution in [0.25, 0.3) is 0 Å². The van der Waals surface area contributed by atoms with E-state index in [1.807, 2.05) is 31.2 Å². The van der Waals surface area contributed by atoms with Crippen molar-refractivity contribution in [3.05, 3.63) is 58.1 Å². The molecule has 1 saturated carbocycles. The Labute approximate surface area is 181 Å². The number of rotatable bonds is 7. The highest BCUT2D eigenvalue weighted by Gasteiger charge is 2.42. The van der Waals surface area contributed by atoms with Gasteiger partial charge in [0.1, 0.15) is 6.33 Å². The van der Waals surface area contributed by atoms with E-state index >= 15 is 0 Å². The Balaban J connectivity index is 1.37. The number of amides is 1. The number of halogens is 4. The first-order valence-electron chi connectivity index (χ1n) is 9.79. The van der Waals surface area contributed by atoms with Crippen LogP contribution in [0.3, 0.4) is 0 Å². The molecule has 1 aliphatic rings. The van der Waals surface area contributed by atoms with Gasteiger partial charge in [-0.15, -0.1) is 5.10 Å². The minimum Gasteiger partial charge on any atom is -0.293 e. The molecule has 1 fully saturated rings. The second-order valence-corrected chi connectivity index (χ2v) is 7.97. The number of anilines is 1. The summed E-state index contributed by atoms with van der Waals surface area (Å²) in [5.41, 5.74) is 1.42. The van der Waals surface area contributed by atoms with Gasteiger partial charge >= 0.3 is 6.18 Å². The van der Waals surface area contributed by atoms with Crippen molar-refractivity contribution in [2.24, 2.45) is 0 Å². The van der Waals surface area contributed by atoms with Crippen molar-refractivity contribution in [1.29, 1.82) is 0 Å². The maximum atomic E-state index is 13.1. The SMILES string of the molecule is Cc1cccc(Cn2cnc(NC(=O)CCn3nc(C(F)(F)F)c(Cl)c3C3CC3)n2)c1. The Hall–Kier alpha value is -2.88. The van der Waals surface area contributed by atoms with Gasteiger partial charge in [0.15, 0.2) is 5.69 Å². The molecule has 0 unspecified atom stereocenters. The number of carbonyl (C=O) groups excluding carboxylic acids is 1. The number of hydrogen-bond acceptors (Lipinski definition) is 4. The minimum atomic E-state index is -4.64. The van der Waals surface area contributed by atoms with Crippen molar-refractivity contribution in [3.63, 3.8) is 0 Å². The molecule has 2 heterocycles. The van der Waals surface area contributed by atoms with Crippen LogP contribution in [0.1, 0.15) is 47.7 Å². The number of aromatic nitrogens is 5. The molecular weight excluding hydrogens is 433 g/mol. The van der Waals surface area contributed by atoms with E-state index < -0.39 is 17.8 Å². The summed E-state index contributed by atoms with van der Waals surface area (Å²) >= 11 is 5.95. The standard InChI is InChI=1S/C20H20ClF3N6O/c1-12-3-2-4-13(9-12)10-29-11-25-19(28-29)26-15(31)7-8-30-17(14-5-6-14)16(21)18(27-30)20(22,23)24/h2-4,9,11,14H,5-8,10H2,1H3,(H,26,28,31). The predicted octanol–water partition coefficient (Wildman–Crippen LogP) is 4.41. The molecule has 0 saturated heterocycles. The minimum absolute atomic E-state index is 0.0164. The fraction of sp³-hybridized carbons (Fsp3) is 0.400. The summed E-state index contributed by atoms with van der Waals surface area (Å²) < 4.78 is 42.2. The quantitative estimate of drug-likeness (QED) is 0.576. The van der Waals surface area contributed by atoms with Gasteiger partial charge in [-0.1, -0.05) is 41.4 Å². The van der Waals surface area contributed by atoms with Crippen LogP contribution in [0.15, 0.2) is 30.6 Å². The topological polar surface area (TPSA) is 77.6 Å². The summed E-state index contributed by atoms with van der Waals surface area (Å²) in [6.07, 6.45) is -1.69. The zero-order chi connectivity index (χ0) is 22.2. The molecule has 1 amide bonds. The van der Waals surface area contributed by atoms with Gasteiger partial charge in [0, 0.05) is 12.3 Å². The first-order valence-corrected chi connectivity index (χ1v) is 10.2. The predicted molar refractivity (Wildman–Crippen MR) is 108 cm³/mol. The van der Waals surface area contributed by atoms with Crippen molar-refractivity contribution in [2.75, 3.05) is 5.32 Å². The fourth-order valence-electron chi connectivity index (χ4n) is 3.37. The maximum Gasteiger partial charge on any atom is 0.436 e. The molecule has 4 rings (SSSR count). The highest BCUT2D eigenvalue weighted by Crippen LogP contribution is 2.46. The molecule has 0 bridgehead atoms. The largest absolute Gasteiger partial charge is 0.436 e. The zero-order valence-corrected chi connectivity index (χ0v) is 17.4. The van der Waals surface area contributed by atoms with E-state index in [9.17, 15) is 18.0 Å². The second-order valence-electron chi connectivity index (χ2n) is 7.60. The van der Waals surface area contributed by atoms with E-state index in [2.05, 4.69) is 20.5 Å². The van der Waals surface area contributed by atoms with Crippen LogP contribution in [-0.4, -0.2) is 30.5 Å². The number of nitrogens with zero attached hydrogens (tertiary/aromatic N) is 5. The second kappa shape index (κ2) is 8.33. The van der Waals surface area contributed by atoms with Crippen molar-refractivity contribution >= 4 is 23.5 Å². The molecule has 0 spiro atoms. The smallest absolute Gasteiger partial charge is 0.293 e. The Morgan fingerprint density at radius 2 is 2.06 bits per heavy atom. The molecule has 164 valence electrons. The third kappa shape index (κ3) is 5.07. The van der Waals surface area contributed by atoms with E-state index in [-0.39, 0.29) is 29.9 Å². The van der Waals surface area contributed by atoms with E-state index in [1.165, 1.54) is 11.0 Å². The number of carbonyl (C=O) groups is 1. The Kier molecular flexibility index (Phi) is 5.74. The van der Waals surface area contributed by atoms with Gasteiger partial charge in [-0.2, -0.15) is 18.3 Å². The number of hydrogen-bond donors (Lipinski definition) is 1. The van der Waals surface area contributed by atoms with Crippen LogP contribution in [0.2, 0.25) is 5.02 Å². The lowest BCUT2D eigenvalue weighted by Gasteiger charge is -2.06. The van der Waals surface area contributed by atoms with Crippen LogP contribution in [0, 0.1) is 6.92 Å². The van der Waals surface area contributed by atoms with E-state index in [1.54, 1.807) is 4.68 Å². The Bertz CT molecular complexity index is 1100. The molecule has 3 aromatic rings. The Morgan fingerprint density at radius 3 is 2.74 bits per heavy atom. The Morgan fingerprint density at radius 1 is 1.29 bits per heavy atom. The fourth-order valence-corrected chi connectivity index (χ4v) is 3.77. The molecular formula is C20H20ClF3N6O. The van der Waals surface area contributed by atoms with Gasteiger partial charge < -0.3 is 0 Å². The molecule has 0 atom stereocenters. The maximum absolute atomic E-state index is 13.1. The molecule has 0 aliphatic heterocycles. The van der Waals surface area contributed by atoms with E-state index in [4.69, 9.17) is 11.6 Å². The van der Waals surface area contributed by atoms with Gasteiger partial charge in [0.25, 0.3) is 0 Å². The summed E-state index contributed by atoms with van der Waals surface area (Å²) in [5.74, 6) is -0.331. The number of aryl methyl sites for hydroxylation is 2. The van der Waals surface area contributed by atoms with Crippen molar-refractivity contribution < 1.29 is 18.0 Å². The highest BCUT2D eigenvalue weighted by atomic mass is 35.5. The molecule has 1 aromatic carbocycles. The summed E-state index contributed by atoms with van der Waals surface area (Å²) in [6.45, 7) is 2.48. The first kappa shape index (κ1) is 21.4. The highest BCUT2D eigenvalue weighted by molar-refractivity contribution is 6.32. The molecule has 1 N–H and O–H groups in total. The summed E-state index contributed by atoms with van der Waals surface area (Å²) in [5, 5.41) is 10.0. The van der Waals surface area contributed by atoms with E-state index in [0.717, 1.165) is 24.0 Å². The van der Waals surface area contributed by atoms with Crippen LogP contribution in [0.5, 0.6) is 0 Å². The number of benzene rings is 1. The van der Waals surface area contributed by atoms with Crippen molar-refractivity contribution in [3.8, 4) is 0 Å². The van der Waals surface area contributed by atoms with Crippen LogP contribution >= 0.6 is 11.6 Å².